The summed E-state index contributed by atoms with van der Waals surface area (Å²) in [4.78, 5) is 4.65. The molecule has 2 aromatic carbocycles. The minimum absolute atomic E-state index is 0.142. The molecule has 192 valence electrons. The van der Waals surface area contributed by atoms with E-state index in [1.54, 1.807) is 11.8 Å². The van der Waals surface area contributed by atoms with Crippen molar-refractivity contribution in [2.24, 2.45) is 0 Å². The highest BCUT2D eigenvalue weighted by Gasteiger charge is 2.36. The number of thioether (sulfide) groups is 1. The highest BCUT2D eigenvalue weighted by molar-refractivity contribution is 7.98. The summed E-state index contributed by atoms with van der Waals surface area (Å²) in [5, 5.41) is 8.41. The summed E-state index contributed by atoms with van der Waals surface area (Å²) in [6.07, 6.45) is 1.78. The lowest BCUT2D eigenvalue weighted by Gasteiger charge is -2.30. The Kier molecular flexibility index (Phi) is 7.83. The van der Waals surface area contributed by atoms with Gasteiger partial charge in [-0.1, -0.05) is 18.2 Å². The van der Waals surface area contributed by atoms with Gasteiger partial charge in [-0.05, 0) is 56.3 Å². The average molecular weight is 529 g/mol. The number of nitrogens with zero attached hydrogens (tertiary/aromatic N) is 4. The molecule has 0 amide bonds. The molecular formula is C26H32N4O4S2. The zero-order valence-corrected chi connectivity index (χ0v) is 22.1. The van der Waals surface area contributed by atoms with E-state index >= 15 is 0 Å². The minimum atomic E-state index is -2.87. The van der Waals surface area contributed by atoms with Crippen LogP contribution in [-0.2, 0) is 15.6 Å². The molecular weight excluding hydrogens is 496 g/mol. The predicted molar refractivity (Wildman–Crippen MR) is 143 cm³/mol. The molecule has 0 saturated carbocycles. The number of aromatic nitrogens is 2. The van der Waals surface area contributed by atoms with E-state index in [0.29, 0.717) is 41.7 Å². The van der Waals surface area contributed by atoms with Gasteiger partial charge in [-0.25, -0.2) is 8.42 Å². The Hall–Kier alpha value is -2.56. The maximum atomic E-state index is 11.9. The fourth-order valence-corrected chi connectivity index (χ4v) is 7.26. The maximum absolute atomic E-state index is 11.9. The van der Waals surface area contributed by atoms with E-state index in [4.69, 9.17) is 9.15 Å². The van der Waals surface area contributed by atoms with E-state index in [9.17, 15) is 8.42 Å². The Balaban J connectivity index is 1.09. The molecule has 5 rings (SSSR count). The van der Waals surface area contributed by atoms with Gasteiger partial charge < -0.3 is 14.1 Å². The van der Waals surface area contributed by atoms with Gasteiger partial charge in [-0.15, -0.1) is 22.0 Å². The van der Waals surface area contributed by atoms with Crippen LogP contribution in [-0.4, -0.2) is 79.6 Å². The molecule has 3 heterocycles. The van der Waals surface area contributed by atoms with Crippen molar-refractivity contribution in [1.82, 2.24) is 15.1 Å². The van der Waals surface area contributed by atoms with E-state index in [1.807, 2.05) is 42.5 Å². The highest BCUT2D eigenvalue weighted by Crippen LogP contribution is 2.28. The van der Waals surface area contributed by atoms with Crippen molar-refractivity contribution in [1.29, 1.82) is 0 Å². The number of rotatable bonds is 10. The van der Waals surface area contributed by atoms with Crippen molar-refractivity contribution in [2.45, 2.75) is 30.7 Å². The Bertz CT molecular complexity index is 1230. The van der Waals surface area contributed by atoms with E-state index in [-0.39, 0.29) is 6.04 Å². The molecule has 0 bridgehead atoms. The van der Waals surface area contributed by atoms with Gasteiger partial charge in [0.2, 0.25) is 11.8 Å². The van der Waals surface area contributed by atoms with Gasteiger partial charge in [0.1, 0.15) is 5.75 Å². The maximum Gasteiger partial charge on any atom is 0.247 e. The molecule has 0 spiro atoms. The molecule has 2 aliphatic heterocycles. The number of anilines is 1. The van der Waals surface area contributed by atoms with Gasteiger partial charge in [0, 0.05) is 42.2 Å². The molecule has 3 aromatic rings. The first kappa shape index (κ1) is 25.1. The fraction of sp³-hybridized carbons (Fsp3) is 0.462. The Morgan fingerprint density at radius 3 is 2.64 bits per heavy atom. The summed E-state index contributed by atoms with van der Waals surface area (Å²) in [6, 6.07) is 18.5. The van der Waals surface area contributed by atoms with Crippen LogP contribution in [0.2, 0.25) is 0 Å². The number of sulfone groups is 1. The molecule has 2 fully saturated rings. The predicted octanol–water partition coefficient (Wildman–Crippen LogP) is 3.75. The average Bonchev–Trinajstić information content (AvgIpc) is 3.64. The van der Waals surface area contributed by atoms with E-state index in [2.05, 4.69) is 39.2 Å². The van der Waals surface area contributed by atoms with E-state index < -0.39 is 9.84 Å². The molecule has 2 saturated heterocycles. The molecule has 2 aliphatic rings. The Morgan fingerprint density at radius 1 is 1.08 bits per heavy atom. The second-order valence-corrected chi connectivity index (χ2v) is 12.7. The first-order chi connectivity index (χ1) is 17.5. The van der Waals surface area contributed by atoms with Crippen molar-refractivity contribution in [3.05, 3.63) is 60.5 Å². The Labute approximate surface area is 216 Å². The zero-order chi connectivity index (χ0) is 25.0. The molecule has 8 nitrogen and oxygen atoms in total. The standard InChI is InChI=1S/C26H32N4O4S2/c1-29(23-12-16-36(31,32)19-23)22-11-13-30(17-22)21-9-7-20(8-10-21)26-28-27-25(34-26)18-35-15-14-33-24-5-3-2-4-6-24/h2-10,22-23H,11-19H2,1H3. The third kappa shape index (κ3) is 6.22. The quantitative estimate of drug-likeness (QED) is 0.365. The number of hydrogen-bond donors (Lipinski definition) is 0. The number of benzene rings is 2. The van der Waals surface area contributed by atoms with Crippen molar-refractivity contribution in [3.8, 4) is 17.2 Å². The normalized spacial score (nSPS) is 21.3. The van der Waals surface area contributed by atoms with Crippen LogP contribution in [0.15, 0.2) is 59.0 Å². The van der Waals surface area contributed by atoms with Crippen LogP contribution >= 0.6 is 11.8 Å². The molecule has 0 N–H and O–H groups in total. The molecule has 0 radical (unpaired) electrons. The minimum Gasteiger partial charge on any atom is -0.493 e. The van der Waals surface area contributed by atoms with Crippen molar-refractivity contribution in [3.63, 3.8) is 0 Å². The van der Waals surface area contributed by atoms with Crippen LogP contribution in [0.5, 0.6) is 5.75 Å². The molecule has 2 unspecified atom stereocenters. The van der Waals surface area contributed by atoms with Gasteiger partial charge >= 0.3 is 0 Å². The third-order valence-corrected chi connectivity index (χ3v) is 9.59. The van der Waals surface area contributed by atoms with E-state index in [0.717, 1.165) is 48.7 Å². The summed E-state index contributed by atoms with van der Waals surface area (Å²) in [5.74, 6) is 4.11. The molecule has 10 heteroatoms. The lowest BCUT2D eigenvalue weighted by atomic mass is 10.1. The van der Waals surface area contributed by atoms with Crippen molar-refractivity contribution in [2.75, 3.05) is 48.9 Å². The van der Waals surface area contributed by atoms with E-state index in [1.165, 1.54) is 0 Å². The number of ether oxygens (including phenoxy) is 1. The summed E-state index contributed by atoms with van der Waals surface area (Å²) in [7, 11) is -0.792. The van der Waals surface area contributed by atoms with Crippen LogP contribution in [0.1, 0.15) is 18.7 Å². The monoisotopic (exact) mass is 528 g/mol. The third-order valence-electron chi connectivity index (χ3n) is 6.94. The summed E-state index contributed by atoms with van der Waals surface area (Å²) in [5.41, 5.74) is 2.06. The SMILES string of the molecule is CN(C1CCN(c2ccc(-c3nnc(CSCCOc4ccccc4)o3)cc2)C1)C1CCS(=O)(=O)C1. The summed E-state index contributed by atoms with van der Waals surface area (Å²) >= 11 is 1.70. The van der Waals surface area contributed by atoms with Crippen molar-refractivity contribution >= 4 is 27.3 Å². The number of para-hydroxylation sites is 1. The highest BCUT2D eigenvalue weighted by atomic mass is 32.2. The topological polar surface area (TPSA) is 88.8 Å². The van der Waals surface area contributed by atoms with Gasteiger partial charge in [-0.3, -0.25) is 4.90 Å². The van der Waals surface area contributed by atoms with Gasteiger partial charge in [0.15, 0.2) is 9.84 Å². The molecule has 0 aliphatic carbocycles. The number of hydrogen-bond acceptors (Lipinski definition) is 9. The lowest BCUT2D eigenvalue weighted by Crippen LogP contribution is -2.42. The first-order valence-electron chi connectivity index (χ1n) is 12.3. The van der Waals surface area contributed by atoms with Crippen molar-refractivity contribution < 1.29 is 17.6 Å². The van der Waals surface area contributed by atoms with Crippen LogP contribution in [0.4, 0.5) is 5.69 Å². The second kappa shape index (κ2) is 11.2. The molecule has 2 atom stereocenters. The van der Waals surface area contributed by atoms with Gasteiger partial charge in [-0.2, -0.15) is 0 Å². The fourth-order valence-electron chi connectivity index (χ4n) is 4.84. The molecule has 1 aromatic heterocycles. The number of likely N-dealkylation sites (N-methyl/N-ethyl adjacent to an activating group) is 1. The van der Waals surface area contributed by atoms with Crippen LogP contribution in [0, 0.1) is 0 Å². The van der Waals surface area contributed by atoms with Gasteiger partial charge in [0.05, 0.1) is 23.9 Å². The van der Waals surface area contributed by atoms with Crippen LogP contribution in [0.25, 0.3) is 11.5 Å². The van der Waals surface area contributed by atoms with Gasteiger partial charge in [0.25, 0.3) is 0 Å². The smallest absolute Gasteiger partial charge is 0.247 e. The zero-order valence-electron chi connectivity index (χ0n) is 20.5. The lowest BCUT2D eigenvalue weighted by molar-refractivity contribution is 0.200. The summed E-state index contributed by atoms with van der Waals surface area (Å²) < 4.78 is 35.3. The second-order valence-electron chi connectivity index (χ2n) is 9.37. The molecule has 36 heavy (non-hydrogen) atoms. The first-order valence-corrected chi connectivity index (χ1v) is 15.3. The summed E-state index contributed by atoms with van der Waals surface area (Å²) in [6.45, 7) is 2.50. The van der Waals surface area contributed by atoms with Crippen LogP contribution in [0.3, 0.4) is 0 Å². The largest absolute Gasteiger partial charge is 0.493 e. The Morgan fingerprint density at radius 2 is 1.89 bits per heavy atom. The van der Waals surface area contributed by atoms with Crippen LogP contribution < -0.4 is 9.64 Å².